The van der Waals surface area contributed by atoms with E-state index < -0.39 is 0 Å². The Bertz CT molecular complexity index is 134. The van der Waals surface area contributed by atoms with Crippen LogP contribution in [-0.4, -0.2) is 35.7 Å². The van der Waals surface area contributed by atoms with Crippen LogP contribution in [0, 0.1) is 0 Å². The molecule has 2 nitrogen and oxygen atoms in total. The van der Waals surface area contributed by atoms with E-state index in [0.29, 0.717) is 6.61 Å². The van der Waals surface area contributed by atoms with Crippen LogP contribution in [0.5, 0.6) is 0 Å². The van der Waals surface area contributed by atoms with E-state index in [1.54, 1.807) is 0 Å². The molecule has 1 fully saturated rings. The van der Waals surface area contributed by atoms with Crippen LogP contribution in [0.2, 0.25) is 0 Å². The predicted octanol–water partition coefficient (Wildman–Crippen LogP) is 2.41. The van der Waals surface area contributed by atoms with Crippen LogP contribution in [0.3, 0.4) is 0 Å². The molecule has 14 heavy (non-hydrogen) atoms. The number of nitrogens with zero attached hydrogens (tertiary/aromatic N) is 1. The van der Waals surface area contributed by atoms with Crippen LogP contribution in [0.4, 0.5) is 0 Å². The first kappa shape index (κ1) is 12.0. The number of aliphatic hydroxyl groups is 1. The van der Waals surface area contributed by atoms with E-state index in [1.807, 2.05) is 0 Å². The summed E-state index contributed by atoms with van der Waals surface area (Å²) in [4.78, 5) is 2.49. The van der Waals surface area contributed by atoms with Gasteiger partial charge in [-0.25, -0.2) is 0 Å². The van der Waals surface area contributed by atoms with E-state index in [2.05, 4.69) is 11.8 Å². The van der Waals surface area contributed by atoms with Crippen LogP contribution >= 0.6 is 0 Å². The van der Waals surface area contributed by atoms with Crippen molar-refractivity contribution in [1.82, 2.24) is 4.90 Å². The van der Waals surface area contributed by atoms with Gasteiger partial charge < -0.3 is 5.11 Å². The zero-order valence-corrected chi connectivity index (χ0v) is 9.54. The summed E-state index contributed by atoms with van der Waals surface area (Å²) in [6, 6.07) is 0.795. The highest BCUT2D eigenvalue weighted by molar-refractivity contribution is 4.79. The second-order valence-corrected chi connectivity index (χ2v) is 4.40. The number of hydrogen-bond acceptors (Lipinski definition) is 2. The molecule has 1 saturated carbocycles. The summed E-state index contributed by atoms with van der Waals surface area (Å²) in [5.41, 5.74) is 0. The van der Waals surface area contributed by atoms with E-state index in [9.17, 15) is 0 Å². The SMILES string of the molecule is CCCCCCN(CCO)C1CCC1. The molecular weight excluding hydrogens is 174 g/mol. The molecule has 0 spiro atoms. The molecule has 84 valence electrons. The molecule has 0 aromatic heterocycles. The fourth-order valence-electron chi connectivity index (χ4n) is 2.10. The quantitative estimate of drug-likeness (QED) is 0.607. The van der Waals surface area contributed by atoms with Gasteiger partial charge in [-0.05, 0) is 25.8 Å². The Morgan fingerprint density at radius 3 is 2.43 bits per heavy atom. The van der Waals surface area contributed by atoms with Crippen LogP contribution in [0.25, 0.3) is 0 Å². The third-order valence-electron chi connectivity index (χ3n) is 3.28. The van der Waals surface area contributed by atoms with Crippen molar-refractivity contribution in [2.45, 2.75) is 57.9 Å². The normalized spacial score (nSPS) is 17.4. The summed E-state index contributed by atoms with van der Waals surface area (Å²) in [5.74, 6) is 0. The van der Waals surface area contributed by atoms with Crippen LogP contribution in [0.1, 0.15) is 51.9 Å². The van der Waals surface area contributed by atoms with Crippen molar-refractivity contribution in [3.8, 4) is 0 Å². The van der Waals surface area contributed by atoms with Gasteiger partial charge in [0.15, 0.2) is 0 Å². The monoisotopic (exact) mass is 199 g/mol. The standard InChI is InChI=1S/C12H25NO/c1-2-3-4-5-9-13(10-11-14)12-7-6-8-12/h12,14H,2-11H2,1H3. The smallest absolute Gasteiger partial charge is 0.0558 e. The minimum absolute atomic E-state index is 0.324. The largest absolute Gasteiger partial charge is 0.395 e. The lowest BCUT2D eigenvalue weighted by Crippen LogP contribution is -2.42. The summed E-state index contributed by atoms with van der Waals surface area (Å²) >= 11 is 0. The van der Waals surface area contributed by atoms with Gasteiger partial charge in [-0.3, -0.25) is 4.90 Å². The second kappa shape index (κ2) is 7.24. The van der Waals surface area contributed by atoms with Crippen LogP contribution in [-0.2, 0) is 0 Å². The van der Waals surface area contributed by atoms with Crippen LogP contribution in [0.15, 0.2) is 0 Å². The molecule has 2 heteroatoms. The minimum Gasteiger partial charge on any atom is -0.395 e. The van der Waals surface area contributed by atoms with Gasteiger partial charge in [-0.2, -0.15) is 0 Å². The number of rotatable bonds is 8. The topological polar surface area (TPSA) is 23.5 Å². The van der Waals surface area contributed by atoms with Crippen molar-refractivity contribution in [3.63, 3.8) is 0 Å². The van der Waals surface area contributed by atoms with Gasteiger partial charge in [0.25, 0.3) is 0 Å². The first-order valence-corrected chi connectivity index (χ1v) is 6.23. The van der Waals surface area contributed by atoms with Gasteiger partial charge in [-0.1, -0.05) is 32.6 Å². The fraction of sp³-hybridized carbons (Fsp3) is 1.00. The van der Waals surface area contributed by atoms with Gasteiger partial charge in [-0.15, -0.1) is 0 Å². The maximum Gasteiger partial charge on any atom is 0.0558 e. The highest BCUT2D eigenvalue weighted by atomic mass is 16.3. The zero-order chi connectivity index (χ0) is 10.2. The number of hydrogen-bond donors (Lipinski definition) is 1. The number of aliphatic hydroxyl groups excluding tert-OH is 1. The Kier molecular flexibility index (Phi) is 6.20. The molecule has 0 aromatic rings. The molecule has 0 saturated heterocycles. The first-order chi connectivity index (χ1) is 6.88. The van der Waals surface area contributed by atoms with E-state index in [4.69, 9.17) is 5.11 Å². The zero-order valence-electron chi connectivity index (χ0n) is 9.54. The summed E-state index contributed by atoms with van der Waals surface area (Å²) in [7, 11) is 0. The van der Waals surface area contributed by atoms with E-state index in [-0.39, 0.29) is 0 Å². The van der Waals surface area contributed by atoms with Gasteiger partial charge >= 0.3 is 0 Å². The molecule has 0 atom stereocenters. The van der Waals surface area contributed by atoms with Crippen LogP contribution < -0.4 is 0 Å². The van der Waals surface area contributed by atoms with Gasteiger partial charge in [0.1, 0.15) is 0 Å². The van der Waals surface area contributed by atoms with Crippen molar-refractivity contribution in [2.24, 2.45) is 0 Å². The summed E-state index contributed by atoms with van der Waals surface area (Å²) in [6.45, 7) is 4.66. The Morgan fingerprint density at radius 1 is 1.14 bits per heavy atom. The molecule has 1 aliphatic carbocycles. The molecule has 0 bridgehead atoms. The van der Waals surface area contributed by atoms with Crippen molar-refractivity contribution in [3.05, 3.63) is 0 Å². The highest BCUT2D eigenvalue weighted by Crippen LogP contribution is 2.24. The molecular formula is C12H25NO. The summed E-state index contributed by atoms with van der Waals surface area (Å²) in [6.07, 6.45) is 9.43. The summed E-state index contributed by atoms with van der Waals surface area (Å²) in [5, 5.41) is 8.97. The lowest BCUT2D eigenvalue weighted by atomic mass is 9.91. The minimum atomic E-state index is 0.324. The Labute approximate surface area is 88.3 Å². The average Bonchev–Trinajstić information content (AvgIpc) is 2.10. The molecule has 0 heterocycles. The molecule has 1 aliphatic rings. The molecule has 0 amide bonds. The maximum atomic E-state index is 8.97. The van der Waals surface area contributed by atoms with Gasteiger partial charge in [0, 0.05) is 12.6 Å². The lowest BCUT2D eigenvalue weighted by molar-refractivity contribution is 0.0995. The van der Waals surface area contributed by atoms with Crippen molar-refractivity contribution >= 4 is 0 Å². The van der Waals surface area contributed by atoms with E-state index in [0.717, 1.165) is 12.6 Å². The van der Waals surface area contributed by atoms with Crippen molar-refractivity contribution < 1.29 is 5.11 Å². The fourth-order valence-corrected chi connectivity index (χ4v) is 2.10. The van der Waals surface area contributed by atoms with Crippen molar-refractivity contribution in [1.29, 1.82) is 0 Å². The Balaban J connectivity index is 2.08. The molecule has 0 unspecified atom stereocenters. The van der Waals surface area contributed by atoms with Crippen molar-refractivity contribution in [2.75, 3.05) is 19.7 Å². The molecule has 0 radical (unpaired) electrons. The first-order valence-electron chi connectivity index (χ1n) is 6.23. The van der Waals surface area contributed by atoms with E-state index >= 15 is 0 Å². The number of unbranched alkanes of at least 4 members (excludes halogenated alkanes) is 3. The third kappa shape index (κ3) is 3.97. The maximum absolute atomic E-state index is 8.97. The third-order valence-corrected chi connectivity index (χ3v) is 3.28. The van der Waals surface area contributed by atoms with Gasteiger partial charge in [0.05, 0.1) is 6.61 Å². The molecule has 0 aromatic carbocycles. The lowest BCUT2D eigenvalue weighted by Gasteiger charge is -2.37. The molecule has 1 N–H and O–H groups in total. The predicted molar refractivity (Wildman–Crippen MR) is 60.4 cm³/mol. The molecule has 0 aliphatic heterocycles. The molecule has 1 rings (SSSR count). The summed E-state index contributed by atoms with van der Waals surface area (Å²) < 4.78 is 0. The Morgan fingerprint density at radius 2 is 1.93 bits per heavy atom. The average molecular weight is 199 g/mol. The highest BCUT2D eigenvalue weighted by Gasteiger charge is 2.23. The van der Waals surface area contributed by atoms with Gasteiger partial charge in [0.2, 0.25) is 0 Å². The Hall–Kier alpha value is -0.0800. The van der Waals surface area contributed by atoms with E-state index in [1.165, 1.54) is 51.5 Å². The second-order valence-electron chi connectivity index (χ2n) is 4.40.